The number of hydrogen-bond donors (Lipinski definition) is 0. The summed E-state index contributed by atoms with van der Waals surface area (Å²) in [5, 5.41) is 5.32. The van der Waals surface area contributed by atoms with Gasteiger partial charge in [-0.2, -0.15) is 35.0 Å². The first kappa shape index (κ1) is 24.1. The maximum Gasteiger partial charge on any atom is 4.00 e. The van der Waals surface area contributed by atoms with E-state index in [9.17, 15) is 0 Å². The molecule has 0 atom stereocenters. The van der Waals surface area contributed by atoms with Gasteiger partial charge in [0.15, 0.2) is 0 Å². The monoisotopic (exact) mass is 418 g/mol. The molecular weight excluding hydrogens is 402 g/mol. The first-order valence-electron chi connectivity index (χ1n) is 6.64. The summed E-state index contributed by atoms with van der Waals surface area (Å²) in [4.78, 5) is 0. The van der Waals surface area contributed by atoms with Crippen LogP contribution in [0.3, 0.4) is 0 Å². The summed E-state index contributed by atoms with van der Waals surface area (Å²) in [5.41, 5.74) is 0. The van der Waals surface area contributed by atoms with Gasteiger partial charge in [0, 0.05) is 0 Å². The van der Waals surface area contributed by atoms with Crippen LogP contribution in [0.15, 0.2) is 98.1 Å². The average molecular weight is 420 g/mol. The van der Waals surface area contributed by atoms with E-state index in [0.29, 0.717) is 0 Å². The van der Waals surface area contributed by atoms with Crippen LogP contribution in [0.5, 0.6) is 0 Å². The first-order valence-corrected chi connectivity index (χ1v) is 6.64. The van der Waals surface area contributed by atoms with Crippen LogP contribution in [0.4, 0.5) is 0 Å². The summed E-state index contributed by atoms with van der Waals surface area (Å²) in [6, 6.07) is 29.3. The molecule has 0 saturated heterocycles. The number of fused-ring (bicyclic) bond motifs is 2. The largest absolute Gasteiger partial charge is 4.00 e. The third-order valence-electron chi connectivity index (χ3n) is 3.10. The zero-order chi connectivity index (χ0) is 14.2. The molecule has 4 rings (SSSR count). The topological polar surface area (TPSA) is 0 Å². The van der Waals surface area contributed by atoms with Gasteiger partial charge >= 0.3 is 26.2 Å². The van der Waals surface area contributed by atoms with Gasteiger partial charge in [-0.05, 0) is 0 Å². The van der Waals surface area contributed by atoms with E-state index in [-0.39, 0.29) is 51.0 Å². The van der Waals surface area contributed by atoms with Crippen molar-refractivity contribution in [3.8, 4) is 0 Å². The molecule has 0 spiro atoms. The molecule has 23 heavy (non-hydrogen) atoms. The predicted octanol–water partition coefficient (Wildman–Crippen LogP) is -0.0749. The SMILES string of the molecule is C=C.[Cl-].[Cl-].[Zr+4].c1ccc2[cH-]ccc2c1.c1ccc2[cH-]ccc2c1. The molecule has 0 aliphatic rings. The van der Waals surface area contributed by atoms with Crippen molar-refractivity contribution in [3.05, 3.63) is 98.1 Å². The van der Waals surface area contributed by atoms with Gasteiger partial charge in [-0.1, -0.05) is 12.1 Å². The number of rotatable bonds is 0. The smallest absolute Gasteiger partial charge is 1.00 e. The molecular formula is C20H18Cl2Zr. The fourth-order valence-electron chi connectivity index (χ4n) is 2.14. The standard InChI is InChI=1S/2C9H7.C2H4.2ClH.Zr/c2*1-2-5-9-7-3-6-8(9)4-1;1-2;;;/h2*1-7H;1-2H2;2*1H;/q2*-1;;;;+4/p-2. The maximum absolute atomic E-state index is 3.00. The van der Waals surface area contributed by atoms with Gasteiger partial charge in [-0.3, -0.25) is 0 Å². The third-order valence-corrected chi connectivity index (χ3v) is 3.10. The Morgan fingerprint density at radius 1 is 0.565 bits per heavy atom. The van der Waals surface area contributed by atoms with Crippen molar-refractivity contribution in [2.45, 2.75) is 0 Å². The van der Waals surface area contributed by atoms with Crippen molar-refractivity contribution in [3.63, 3.8) is 0 Å². The molecule has 0 amide bonds. The maximum atomic E-state index is 3.00. The normalized spacial score (nSPS) is 8.17. The molecule has 0 nitrogen and oxygen atoms in total. The summed E-state index contributed by atoms with van der Waals surface area (Å²) in [7, 11) is 0. The van der Waals surface area contributed by atoms with Gasteiger partial charge in [0.1, 0.15) is 0 Å². The Labute approximate surface area is 169 Å². The Balaban J connectivity index is 0. The van der Waals surface area contributed by atoms with Crippen molar-refractivity contribution in [2.24, 2.45) is 0 Å². The second kappa shape index (κ2) is 13.3. The van der Waals surface area contributed by atoms with Crippen LogP contribution in [-0.4, -0.2) is 0 Å². The molecule has 0 heterocycles. The minimum absolute atomic E-state index is 0. The van der Waals surface area contributed by atoms with Crippen LogP contribution < -0.4 is 24.8 Å². The van der Waals surface area contributed by atoms with Crippen LogP contribution in [0.2, 0.25) is 0 Å². The molecule has 4 aromatic carbocycles. The number of hydrogen-bond acceptors (Lipinski definition) is 0. The minimum Gasteiger partial charge on any atom is -1.00 e. The Kier molecular flexibility index (Phi) is 14.0. The summed E-state index contributed by atoms with van der Waals surface area (Å²) in [6.45, 7) is 6.00. The van der Waals surface area contributed by atoms with Crippen molar-refractivity contribution >= 4 is 21.5 Å². The van der Waals surface area contributed by atoms with Crippen molar-refractivity contribution < 1.29 is 51.0 Å². The van der Waals surface area contributed by atoms with E-state index in [0.717, 1.165) is 0 Å². The van der Waals surface area contributed by atoms with Gasteiger partial charge in [0.05, 0.1) is 0 Å². The van der Waals surface area contributed by atoms with Crippen LogP contribution in [0.1, 0.15) is 0 Å². The van der Waals surface area contributed by atoms with Gasteiger partial charge in [-0.25, -0.2) is 0 Å². The van der Waals surface area contributed by atoms with Crippen LogP contribution >= 0.6 is 0 Å². The molecule has 0 aliphatic heterocycles. The molecule has 4 aromatic rings. The minimum atomic E-state index is 0. The van der Waals surface area contributed by atoms with Crippen molar-refractivity contribution in [1.29, 1.82) is 0 Å². The molecule has 0 aromatic heterocycles. The quantitative estimate of drug-likeness (QED) is 0.276. The first-order chi connectivity index (χ1) is 9.93. The van der Waals surface area contributed by atoms with Crippen LogP contribution in [0.25, 0.3) is 21.5 Å². The van der Waals surface area contributed by atoms with E-state index in [2.05, 4.69) is 98.1 Å². The van der Waals surface area contributed by atoms with Crippen LogP contribution in [-0.2, 0) is 26.2 Å². The molecule has 0 unspecified atom stereocenters. The molecule has 0 aliphatic carbocycles. The Bertz CT molecular complexity index is 645. The zero-order valence-corrected chi connectivity index (χ0v) is 16.7. The Morgan fingerprint density at radius 3 is 1.26 bits per heavy atom. The zero-order valence-electron chi connectivity index (χ0n) is 12.8. The van der Waals surface area contributed by atoms with Crippen molar-refractivity contribution in [1.82, 2.24) is 0 Å². The molecule has 116 valence electrons. The van der Waals surface area contributed by atoms with E-state index in [1.807, 2.05) is 0 Å². The Morgan fingerprint density at radius 2 is 0.913 bits per heavy atom. The van der Waals surface area contributed by atoms with E-state index in [1.54, 1.807) is 0 Å². The average Bonchev–Trinajstić information content (AvgIpc) is 3.18. The number of benzene rings is 2. The molecule has 0 radical (unpaired) electrons. The van der Waals surface area contributed by atoms with Gasteiger partial charge in [-0.15, -0.1) is 72.5 Å². The molecule has 0 saturated carbocycles. The third kappa shape index (κ3) is 6.87. The fourth-order valence-corrected chi connectivity index (χ4v) is 2.14. The Hall–Kier alpha value is -1.14. The van der Waals surface area contributed by atoms with Gasteiger partial charge in [0.25, 0.3) is 0 Å². The summed E-state index contributed by atoms with van der Waals surface area (Å²) in [6.07, 6.45) is 0. The summed E-state index contributed by atoms with van der Waals surface area (Å²) in [5.74, 6) is 0. The van der Waals surface area contributed by atoms with Crippen molar-refractivity contribution in [2.75, 3.05) is 0 Å². The molecule has 0 bridgehead atoms. The van der Waals surface area contributed by atoms with Crippen LogP contribution in [0, 0.1) is 0 Å². The van der Waals surface area contributed by atoms with E-state index >= 15 is 0 Å². The summed E-state index contributed by atoms with van der Waals surface area (Å²) < 4.78 is 0. The van der Waals surface area contributed by atoms with Gasteiger partial charge in [0.2, 0.25) is 0 Å². The van der Waals surface area contributed by atoms with E-state index in [1.165, 1.54) is 21.5 Å². The second-order valence-corrected chi connectivity index (χ2v) is 4.31. The van der Waals surface area contributed by atoms with Gasteiger partial charge < -0.3 is 24.8 Å². The van der Waals surface area contributed by atoms with E-state index in [4.69, 9.17) is 0 Å². The number of halogens is 2. The van der Waals surface area contributed by atoms with E-state index < -0.39 is 0 Å². The summed E-state index contributed by atoms with van der Waals surface area (Å²) >= 11 is 0. The predicted molar refractivity (Wildman–Crippen MR) is 90.3 cm³/mol. The fraction of sp³-hybridized carbons (Fsp3) is 0. The molecule has 3 heteroatoms. The molecule has 0 fully saturated rings. The second-order valence-electron chi connectivity index (χ2n) is 4.31. The molecule has 0 N–H and O–H groups in total.